The number of hydrogen-bond donors (Lipinski definition) is 1. The van der Waals surface area contributed by atoms with E-state index in [1.54, 1.807) is 0 Å². The minimum absolute atomic E-state index is 0.0143. The highest BCUT2D eigenvalue weighted by Gasteiger charge is 2.26. The quantitative estimate of drug-likeness (QED) is 0.821. The molecule has 0 aliphatic carbocycles. The molecule has 0 atom stereocenters. The summed E-state index contributed by atoms with van der Waals surface area (Å²) in [5, 5.41) is 2.87. The first kappa shape index (κ1) is 19.9. The zero-order valence-electron chi connectivity index (χ0n) is 16.6. The van der Waals surface area contributed by atoms with Gasteiger partial charge in [-0.05, 0) is 55.2 Å². The summed E-state index contributed by atoms with van der Waals surface area (Å²) in [6, 6.07) is 9.99. The van der Waals surface area contributed by atoms with Crippen molar-refractivity contribution in [1.82, 2.24) is 14.8 Å². The molecule has 1 fully saturated rings. The fraction of sp³-hybridized carbons (Fsp3) is 0.409. The van der Waals surface area contributed by atoms with Crippen LogP contribution in [0.15, 0.2) is 47.6 Å². The number of nitrogens with zero attached hydrogens (tertiary/aromatic N) is 3. The highest BCUT2D eigenvalue weighted by atomic mass is 32.2. The van der Waals surface area contributed by atoms with Crippen LogP contribution in [0, 0.1) is 0 Å². The zero-order chi connectivity index (χ0) is 20.2. The summed E-state index contributed by atoms with van der Waals surface area (Å²) in [7, 11) is 1.90. The number of thioether (sulfide) groups is 1. The maximum Gasteiger partial charge on any atom is 0.253 e. The molecule has 1 aromatic carbocycles. The average Bonchev–Trinajstić information content (AvgIpc) is 2.77. The minimum Gasteiger partial charge on any atom is -0.339 e. The number of carbonyl (C=O) groups excluding carboxylic acids is 2. The summed E-state index contributed by atoms with van der Waals surface area (Å²) in [6.45, 7) is 3.05. The molecule has 29 heavy (non-hydrogen) atoms. The molecule has 0 bridgehead atoms. The van der Waals surface area contributed by atoms with Crippen LogP contribution in [-0.4, -0.2) is 65.1 Å². The Hall–Kier alpha value is -2.38. The molecule has 2 aliphatic rings. The molecule has 6 nitrogen and oxygen atoms in total. The number of rotatable bonds is 5. The highest BCUT2D eigenvalue weighted by Crippen LogP contribution is 2.32. The van der Waals surface area contributed by atoms with Gasteiger partial charge in [0.1, 0.15) is 0 Å². The fourth-order valence-electron chi connectivity index (χ4n) is 3.95. The van der Waals surface area contributed by atoms with Gasteiger partial charge in [-0.25, -0.2) is 0 Å². The molecule has 3 heterocycles. The molecule has 4 rings (SSSR count). The van der Waals surface area contributed by atoms with Gasteiger partial charge >= 0.3 is 0 Å². The van der Waals surface area contributed by atoms with Crippen LogP contribution in [0.25, 0.3) is 0 Å². The van der Waals surface area contributed by atoms with Crippen LogP contribution in [0.3, 0.4) is 0 Å². The number of piperidine rings is 1. The molecule has 0 saturated carbocycles. The Labute approximate surface area is 175 Å². The van der Waals surface area contributed by atoms with Gasteiger partial charge in [-0.1, -0.05) is 0 Å². The molecule has 0 spiro atoms. The Morgan fingerprint density at radius 3 is 2.76 bits per heavy atom. The molecule has 1 aromatic heterocycles. The van der Waals surface area contributed by atoms with Crippen molar-refractivity contribution >= 4 is 29.3 Å². The summed E-state index contributed by atoms with van der Waals surface area (Å²) >= 11 is 1.51. The smallest absolute Gasteiger partial charge is 0.253 e. The van der Waals surface area contributed by atoms with E-state index in [4.69, 9.17) is 0 Å². The van der Waals surface area contributed by atoms with Crippen molar-refractivity contribution in [2.24, 2.45) is 0 Å². The van der Waals surface area contributed by atoms with Crippen molar-refractivity contribution in [2.75, 3.05) is 37.8 Å². The molecule has 0 radical (unpaired) electrons. The van der Waals surface area contributed by atoms with Crippen molar-refractivity contribution in [3.05, 3.63) is 53.9 Å². The molecule has 0 unspecified atom stereocenters. The average molecular weight is 411 g/mol. The lowest BCUT2D eigenvalue weighted by Gasteiger charge is -2.37. The number of carbonyl (C=O) groups is 2. The Morgan fingerprint density at radius 1 is 1.24 bits per heavy atom. The van der Waals surface area contributed by atoms with Crippen LogP contribution in [0.2, 0.25) is 0 Å². The predicted octanol–water partition coefficient (Wildman–Crippen LogP) is 2.90. The van der Waals surface area contributed by atoms with Crippen LogP contribution in [0.5, 0.6) is 0 Å². The number of hydrogen-bond acceptors (Lipinski definition) is 5. The summed E-state index contributed by atoms with van der Waals surface area (Å²) < 4.78 is 0. The van der Waals surface area contributed by atoms with E-state index in [1.807, 2.05) is 42.5 Å². The SMILES string of the molecule is CN(C(=O)c1ccc2c(c1)NC(=O)CS2)C1CCN(CCc2ccncc2)CC1. The zero-order valence-corrected chi connectivity index (χ0v) is 17.5. The molecule has 152 valence electrons. The molecule has 7 heteroatoms. The first-order chi connectivity index (χ1) is 14.1. The largest absolute Gasteiger partial charge is 0.339 e. The molecular formula is C22H26N4O2S. The van der Waals surface area contributed by atoms with Crippen LogP contribution in [0.4, 0.5) is 5.69 Å². The van der Waals surface area contributed by atoms with Crippen molar-refractivity contribution in [2.45, 2.75) is 30.2 Å². The van der Waals surface area contributed by atoms with Crippen molar-refractivity contribution in [3.63, 3.8) is 0 Å². The second kappa shape index (κ2) is 8.97. The highest BCUT2D eigenvalue weighted by molar-refractivity contribution is 8.00. The van der Waals surface area contributed by atoms with Gasteiger partial charge in [0.15, 0.2) is 0 Å². The molecule has 1 N–H and O–H groups in total. The second-order valence-electron chi connectivity index (χ2n) is 7.64. The van der Waals surface area contributed by atoms with E-state index in [1.165, 1.54) is 17.3 Å². The normalized spacial score (nSPS) is 17.5. The number of fused-ring (bicyclic) bond motifs is 1. The Balaban J connectivity index is 1.31. The molecule has 1 saturated heterocycles. The van der Waals surface area contributed by atoms with Crippen molar-refractivity contribution in [1.29, 1.82) is 0 Å². The Morgan fingerprint density at radius 2 is 2.00 bits per heavy atom. The second-order valence-corrected chi connectivity index (χ2v) is 8.66. The number of benzene rings is 1. The molecule has 2 aliphatic heterocycles. The van der Waals surface area contributed by atoms with E-state index in [-0.39, 0.29) is 17.9 Å². The number of anilines is 1. The lowest BCUT2D eigenvalue weighted by Crippen LogP contribution is -2.46. The van der Waals surface area contributed by atoms with Gasteiger partial charge in [-0.3, -0.25) is 14.6 Å². The van der Waals surface area contributed by atoms with E-state index in [0.29, 0.717) is 11.3 Å². The number of nitrogens with one attached hydrogen (secondary N) is 1. The van der Waals surface area contributed by atoms with Gasteiger partial charge in [0.05, 0.1) is 11.4 Å². The van der Waals surface area contributed by atoms with Gasteiger partial charge < -0.3 is 15.1 Å². The van der Waals surface area contributed by atoms with Crippen LogP contribution in [-0.2, 0) is 11.2 Å². The summed E-state index contributed by atoms with van der Waals surface area (Å²) in [5.41, 5.74) is 2.69. The fourth-order valence-corrected chi connectivity index (χ4v) is 4.74. The third-order valence-corrected chi connectivity index (χ3v) is 6.82. The number of aromatic nitrogens is 1. The Kier molecular flexibility index (Phi) is 6.16. The van der Waals surface area contributed by atoms with Crippen LogP contribution >= 0.6 is 11.8 Å². The number of likely N-dealkylation sites (tertiary alicyclic amines) is 1. The van der Waals surface area contributed by atoms with E-state index < -0.39 is 0 Å². The standard InChI is InChI=1S/C22H26N4O2S/c1-25(22(28)17-2-3-20-19(14-17)24-21(27)15-29-20)18-7-12-26(13-8-18)11-6-16-4-9-23-10-5-16/h2-5,9-10,14,18H,6-8,11-13,15H2,1H3,(H,24,27). The van der Waals surface area contributed by atoms with Gasteiger partial charge in [0.2, 0.25) is 5.91 Å². The topological polar surface area (TPSA) is 65.5 Å². The molecule has 2 aromatic rings. The van der Waals surface area contributed by atoms with Gasteiger partial charge in [0, 0.05) is 55.6 Å². The maximum atomic E-state index is 13.0. The van der Waals surface area contributed by atoms with Crippen LogP contribution in [0.1, 0.15) is 28.8 Å². The predicted molar refractivity (Wildman–Crippen MR) is 115 cm³/mol. The number of pyridine rings is 1. The van der Waals surface area contributed by atoms with Crippen molar-refractivity contribution < 1.29 is 9.59 Å². The maximum absolute atomic E-state index is 13.0. The molecular weight excluding hydrogens is 384 g/mol. The van der Waals surface area contributed by atoms with Gasteiger partial charge in [-0.2, -0.15) is 0 Å². The monoisotopic (exact) mass is 410 g/mol. The van der Waals surface area contributed by atoms with Gasteiger partial charge in [0.25, 0.3) is 5.91 Å². The summed E-state index contributed by atoms with van der Waals surface area (Å²) in [4.78, 5) is 34.1. The first-order valence-electron chi connectivity index (χ1n) is 10.1. The lowest BCUT2D eigenvalue weighted by molar-refractivity contribution is -0.113. The van der Waals surface area contributed by atoms with E-state index in [0.717, 1.165) is 49.5 Å². The summed E-state index contributed by atoms with van der Waals surface area (Å²) in [6.07, 6.45) is 6.67. The van der Waals surface area contributed by atoms with Gasteiger partial charge in [-0.15, -0.1) is 11.8 Å². The third kappa shape index (κ3) is 4.79. The Bertz CT molecular complexity index is 882. The lowest BCUT2D eigenvalue weighted by atomic mass is 10.0. The van der Waals surface area contributed by atoms with E-state index in [2.05, 4.69) is 27.3 Å². The minimum atomic E-state index is -0.0143. The van der Waals surface area contributed by atoms with Crippen molar-refractivity contribution in [3.8, 4) is 0 Å². The van der Waals surface area contributed by atoms with Crippen LogP contribution < -0.4 is 5.32 Å². The molecule has 2 amide bonds. The number of amides is 2. The third-order valence-electron chi connectivity index (χ3n) is 5.75. The van der Waals surface area contributed by atoms with E-state index >= 15 is 0 Å². The summed E-state index contributed by atoms with van der Waals surface area (Å²) in [5.74, 6) is 0.437. The van der Waals surface area contributed by atoms with E-state index in [9.17, 15) is 9.59 Å². The first-order valence-corrected chi connectivity index (χ1v) is 11.0.